The topological polar surface area (TPSA) is 102 Å². The maximum absolute atomic E-state index is 13.8. The van der Waals surface area contributed by atoms with Crippen LogP contribution in [0, 0.1) is 0 Å². The summed E-state index contributed by atoms with van der Waals surface area (Å²) in [7, 11) is -2.44. The van der Waals surface area contributed by atoms with Crippen molar-refractivity contribution in [1.82, 2.24) is 9.62 Å². The highest BCUT2D eigenvalue weighted by atomic mass is 35.5. The molecular weight excluding hydrogens is 546 g/mol. The van der Waals surface area contributed by atoms with Crippen molar-refractivity contribution in [2.24, 2.45) is 5.73 Å². The lowest BCUT2D eigenvalue weighted by Gasteiger charge is -2.22. The molecule has 4 rings (SSSR count). The van der Waals surface area contributed by atoms with Crippen molar-refractivity contribution < 1.29 is 17.9 Å². The molecule has 0 saturated heterocycles. The molecule has 208 valence electrons. The standard InChI is InChI=1S/C31H32ClN3O4S/c1-39-30-12-5-2-9-26(30)17-18-35(22-31(36)34-21-24-8-6-7-23(19-24)20-33)40(37,38)27-15-13-25(14-16-27)28-10-3-4-11-29(28)32/h2-16,19H,17-18,20-22,33H2,1H3,(H,34,36). The monoisotopic (exact) mass is 577 g/mol. The van der Waals surface area contributed by atoms with Crippen LogP contribution in [0.1, 0.15) is 16.7 Å². The Morgan fingerprint density at radius 1 is 0.925 bits per heavy atom. The summed E-state index contributed by atoms with van der Waals surface area (Å²) in [5.74, 6) is 0.252. The Kier molecular flexibility index (Phi) is 9.95. The molecule has 0 radical (unpaired) electrons. The highest BCUT2D eigenvalue weighted by Gasteiger charge is 2.27. The summed E-state index contributed by atoms with van der Waals surface area (Å²) in [6.07, 6.45) is 0.368. The number of ether oxygens (including phenoxy) is 1. The van der Waals surface area contributed by atoms with E-state index in [2.05, 4.69) is 5.32 Å². The van der Waals surface area contributed by atoms with Crippen LogP contribution in [-0.4, -0.2) is 38.8 Å². The van der Waals surface area contributed by atoms with E-state index in [-0.39, 0.29) is 24.5 Å². The molecule has 7 nitrogen and oxygen atoms in total. The van der Waals surface area contributed by atoms with Gasteiger partial charge in [0.15, 0.2) is 0 Å². The van der Waals surface area contributed by atoms with Crippen LogP contribution >= 0.6 is 11.6 Å². The number of halogens is 1. The number of benzene rings is 4. The lowest BCUT2D eigenvalue weighted by Crippen LogP contribution is -2.41. The lowest BCUT2D eigenvalue weighted by molar-refractivity contribution is -0.121. The van der Waals surface area contributed by atoms with Gasteiger partial charge in [0.05, 0.1) is 18.6 Å². The zero-order valence-electron chi connectivity index (χ0n) is 22.2. The third kappa shape index (κ3) is 7.28. The van der Waals surface area contributed by atoms with Crippen LogP contribution < -0.4 is 15.8 Å². The molecule has 0 heterocycles. The number of para-hydroxylation sites is 1. The fourth-order valence-corrected chi connectivity index (χ4v) is 6.01. The molecule has 3 N–H and O–H groups in total. The predicted molar refractivity (Wildman–Crippen MR) is 159 cm³/mol. The number of nitrogens with zero attached hydrogens (tertiary/aromatic N) is 1. The third-order valence-electron chi connectivity index (χ3n) is 6.54. The van der Waals surface area contributed by atoms with E-state index < -0.39 is 15.9 Å². The highest BCUT2D eigenvalue weighted by molar-refractivity contribution is 7.89. The van der Waals surface area contributed by atoms with Gasteiger partial charge in [-0.2, -0.15) is 4.31 Å². The molecule has 40 heavy (non-hydrogen) atoms. The van der Waals surface area contributed by atoms with Gasteiger partial charge in [0.2, 0.25) is 15.9 Å². The number of rotatable bonds is 12. The largest absolute Gasteiger partial charge is 0.496 e. The van der Waals surface area contributed by atoms with E-state index in [0.29, 0.717) is 23.7 Å². The van der Waals surface area contributed by atoms with Crippen LogP contribution in [0.4, 0.5) is 0 Å². The second-order valence-corrected chi connectivity index (χ2v) is 11.6. The van der Waals surface area contributed by atoms with Gasteiger partial charge in [0.1, 0.15) is 5.75 Å². The molecular formula is C31H32ClN3O4S. The number of carbonyl (C=O) groups is 1. The SMILES string of the molecule is COc1ccccc1CCN(CC(=O)NCc1cccc(CN)c1)S(=O)(=O)c1ccc(-c2ccccc2Cl)cc1. The summed E-state index contributed by atoms with van der Waals surface area (Å²) < 4.78 is 34.2. The summed E-state index contributed by atoms with van der Waals surface area (Å²) in [6, 6.07) is 28.9. The maximum Gasteiger partial charge on any atom is 0.243 e. The number of nitrogens with two attached hydrogens (primary N) is 1. The van der Waals surface area contributed by atoms with Gasteiger partial charge >= 0.3 is 0 Å². The summed E-state index contributed by atoms with van der Waals surface area (Å²) in [5.41, 5.74) is 10.00. The van der Waals surface area contributed by atoms with E-state index in [1.807, 2.05) is 66.7 Å². The molecule has 0 aromatic heterocycles. The Hall–Kier alpha value is -3.69. The van der Waals surface area contributed by atoms with Gasteiger partial charge in [-0.25, -0.2) is 8.42 Å². The molecule has 0 bridgehead atoms. The maximum atomic E-state index is 13.8. The minimum Gasteiger partial charge on any atom is -0.496 e. The van der Waals surface area contributed by atoms with E-state index in [1.165, 1.54) is 4.31 Å². The molecule has 1 amide bonds. The number of methoxy groups -OCH3 is 1. The molecule has 0 aliphatic heterocycles. The van der Waals surface area contributed by atoms with Crippen LogP contribution in [0.2, 0.25) is 5.02 Å². The predicted octanol–water partition coefficient (Wildman–Crippen LogP) is 5.02. The van der Waals surface area contributed by atoms with Crippen LogP contribution in [0.15, 0.2) is 102 Å². The van der Waals surface area contributed by atoms with E-state index in [9.17, 15) is 13.2 Å². The average Bonchev–Trinajstić information content (AvgIpc) is 2.98. The summed E-state index contributed by atoms with van der Waals surface area (Å²) in [6.45, 7) is 0.414. The van der Waals surface area contributed by atoms with Crippen molar-refractivity contribution in [3.05, 3.63) is 119 Å². The second kappa shape index (κ2) is 13.6. The molecule has 0 atom stereocenters. The number of hydrogen-bond donors (Lipinski definition) is 2. The van der Waals surface area contributed by atoms with Crippen molar-refractivity contribution in [3.63, 3.8) is 0 Å². The Balaban J connectivity index is 1.55. The van der Waals surface area contributed by atoms with E-state index in [4.69, 9.17) is 22.1 Å². The van der Waals surface area contributed by atoms with Crippen molar-refractivity contribution in [1.29, 1.82) is 0 Å². The van der Waals surface area contributed by atoms with Crippen molar-refractivity contribution in [2.75, 3.05) is 20.2 Å². The second-order valence-electron chi connectivity index (χ2n) is 9.21. The molecule has 4 aromatic carbocycles. The molecule has 0 aliphatic carbocycles. The smallest absolute Gasteiger partial charge is 0.243 e. The number of nitrogens with one attached hydrogen (secondary N) is 1. The van der Waals surface area contributed by atoms with Gasteiger partial charge in [0.25, 0.3) is 0 Å². The first-order valence-electron chi connectivity index (χ1n) is 12.8. The zero-order chi connectivity index (χ0) is 28.5. The minimum atomic E-state index is -4.01. The first-order valence-corrected chi connectivity index (χ1v) is 14.6. The van der Waals surface area contributed by atoms with Gasteiger partial charge in [0, 0.05) is 30.2 Å². The minimum absolute atomic E-state index is 0.0883. The molecule has 4 aromatic rings. The number of carbonyl (C=O) groups excluding carboxylic acids is 1. The Labute approximate surface area is 240 Å². The first kappa shape index (κ1) is 29.3. The molecule has 0 aliphatic rings. The quantitative estimate of drug-likeness (QED) is 0.246. The first-order chi connectivity index (χ1) is 19.3. The zero-order valence-corrected chi connectivity index (χ0v) is 23.8. The number of sulfonamides is 1. The van der Waals surface area contributed by atoms with Crippen LogP contribution in [0.5, 0.6) is 5.75 Å². The van der Waals surface area contributed by atoms with Gasteiger partial charge in [-0.15, -0.1) is 0 Å². The molecule has 0 fully saturated rings. The Morgan fingerprint density at radius 2 is 1.62 bits per heavy atom. The van der Waals surface area contributed by atoms with E-state index >= 15 is 0 Å². The van der Waals surface area contributed by atoms with Crippen LogP contribution in [0.25, 0.3) is 11.1 Å². The average molecular weight is 578 g/mol. The lowest BCUT2D eigenvalue weighted by atomic mass is 10.1. The fourth-order valence-electron chi connectivity index (χ4n) is 4.37. The summed E-state index contributed by atoms with van der Waals surface area (Å²) >= 11 is 6.32. The van der Waals surface area contributed by atoms with Crippen molar-refractivity contribution in [2.45, 2.75) is 24.4 Å². The van der Waals surface area contributed by atoms with Gasteiger partial charge in [-0.1, -0.05) is 84.4 Å². The molecule has 0 spiro atoms. The normalized spacial score (nSPS) is 11.4. The van der Waals surface area contributed by atoms with Crippen molar-refractivity contribution in [3.8, 4) is 16.9 Å². The summed E-state index contributed by atoms with van der Waals surface area (Å²) in [5, 5.41) is 3.41. The summed E-state index contributed by atoms with van der Waals surface area (Å²) in [4.78, 5) is 13.1. The number of hydrogen-bond acceptors (Lipinski definition) is 5. The van der Waals surface area contributed by atoms with Crippen LogP contribution in [-0.2, 0) is 34.3 Å². The fraction of sp³-hybridized carbons (Fsp3) is 0.194. The highest BCUT2D eigenvalue weighted by Crippen LogP contribution is 2.29. The van der Waals surface area contributed by atoms with Gasteiger partial charge < -0.3 is 15.8 Å². The van der Waals surface area contributed by atoms with Gasteiger partial charge in [-0.3, -0.25) is 4.79 Å². The van der Waals surface area contributed by atoms with Crippen molar-refractivity contribution >= 4 is 27.5 Å². The van der Waals surface area contributed by atoms with Gasteiger partial charge in [-0.05, 0) is 52.9 Å². The molecule has 0 saturated carbocycles. The number of amides is 1. The third-order valence-corrected chi connectivity index (χ3v) is 8.73. The Bertz CT molecular complexity index is 1560. The molecule has 0 unspecified atom stereocenters. The van der Waals surface area contributed by atoms with E-state index in [0.717, 1.165) is 27.8 Å². The molecule has 9 heteroatoms. The Morgan fingerprint density at radius 3 is 2.35 bits per heavy atom. The van der Waals surface area contributed by atoms with E-state index in [1.54, 1.807) is 37.4 Å². The van der Waals surface area contributed by atoms with Crippen LogP contribution in [0.3, 0.4) is 0 Å².